The van der Waals surface area contributed by atoms with Crippen LogP contribution in [-0.4, -0.2) is 36.7 Å². The summed E-state index contributed by atoms with van der Waals surface area (Å²) in [5, 5.41) is 11.5. The number of carbonyl (C=O) groups is 2. The van der Waals surface area contributed by atoms with E-state index in [1.165, 1.54) is 0 Å². The number of aliphatic carboxylic acids is 1. The van der Waals surface area contributed by atoms with E-state index in [9.17, 15) is 9.59 Å². The Morgan fingerprint density at radius 3 is 2.50 bits per heavy atom. The maximum absolute atomic E-state index is 11.6. The molecular weight excluding hydrogens is 210 g/mol. The van der Waals surface area contributed by atoms with Crippen molar-refractivity contribution in [2.75, 3.05) is 19.8 Å². The predicted octanol–water partition coefficient (Wildman–Crippen LogP) is 0.250. The number of hydrogen-bond acceptors (Lipinski definition) is 3. The quantitative estimate of drug-likeness (QED) is 0.722. The molecule has 16 heavy (non-hydrogen) atoms. The van der Waals surface area contributed by atoms with E-state index in [-0.39, 0.29) is 11.8 Å². The van der Waals surface area contributed by atoms with Crippen molar-refractivity contribution in [1.82, 2.24) is 5.32 Å². The van der Waals surface area contributed by atoms with Gasteiger partial charge in [-0.15, -0.1) is 0 Å². The van der Waals surface area contributed by atoms with Crippen molar-refractivity contribution in [3.63, 3.8) is 0 Å². The monoisotopic (exact) mass is 227 g/mol. The molecule has 1 amide bonds. The van der Waals surface area contributed by atoms with Crippen molar-refractivity contribution in [3.05, 3.63) is 0 Å². The van der Waals surface area contributed by atoms with Crippen LogP contribution in [0.3, 0.4) is 0 Å². The Hall–Kier alpha value is -1.10. The molecule has 1 heterocycles. The van der Waals surface area contributed by atoms with Crippen molar-refractivity contribution >= 4 is 11.9 Å². The van der Waals surface area contributed by atoms with Crippen molar-refractivity contribution < 1.29 is 19.4 Å². The molecule has 0 radical (unpaired) electrons. The topological polar surface area (TPSA) is 75.6 Å². The van der Waals surface area contributed by atoms with E-state index < -0.39 is 11.9 Å². The van der Waals surface area contributed by atoms with Crippen LogP contribution in [0.15, 0.2) is 0 Å². The lowest BCUT2D eigenvalue weighted by molar-refractivity contribution is -0.140. The van der Waals surface area contributed by atoms with Gasteiger partial charge in [-0.1, -0.05) is 0 Å². The van der Waals surface area contributed by atoms with Crippen LogP contribution in [0.4, 0.5) is 0 Å². The maximum Gasteiger partial charge on any atom is 0.307 e. The highest BCUT2D eigenvalue weighted by molar-refractivity contribution is 5.89. The molecule has 1 aliphatic carbocycles. The summed E-state index contributed by atoms with van der Waals surface area (Å²) < 4.78 is 5.22. The van der Waals surface area contributed by atoms with E-state index in [0.29, 0.717) is 18.9 Å². The zero-order valence-electron chi connectivity index (χ0n) is 9.15. The molecule has 2 rings (SSSR count). The minimum atomic E-state index is -0.855. The average Bonchev–Trinajstić information content (AvgIpc) is 3.07. The largest absolute Gasteiger partial charge is 0.481 e. The van der Waals surface area contributed by atoms with Crippen molar-refractivity contribution in [1.29, 1.82) is 0 Å². The Kier molecular flexibility index (Phi) is 3.43. The molecule has 90 valence electrons. The van der Waals surface area contributed by atoms with Gasteiger partial charge in [0.05, 0.1) is 11.8 Å². The molecule has 0 spiro atoms. The lowest BCUT2D eigenvalue weighted by Gasteiger charge is -2.22. The summed E-state index contributed by atoms with van der Waals surface area (Å²) in [7, 11) is 0. The number of carboxylic acid groups (broad SMARTS) is 1. The third kappa shape index (κ3) is 2.72. The number of rotatable bonds is 4. The first-order valence-electron chi connectivity index (χ1n) is 5.76. The summed E-state index contributed by atoms with van der Waals surface area (Å²) in [5.41, 5.74) is 0. The zero-order chi connectivity index (χ0) is 11.5. The van der Waals surface area contributed by atoms with Gasteiger partial charge >= 0.3 is 5.97 Å². The lowest BCUT2D eigenvalue weighted by atomic mass is 10.0. The van der Waals surface area contributed by atoms with Gasteiger partial charge in [-0.2, -0.15) is 0 Å². The van der Waals surface area contributed by atoms with Crippen LogP contribution in [0.2, 0.25) is 0 Å². The summed E-state index contributed by atoms with van der Waals surface area (Å²) in [5.74, 6) is -1.21. The molecule has 0 aromatic carbocycles. The number of amides is 1. The molecule has 1 saturated heterocycles. The summed E-state index contributed by atoms with van der Waals surface area (Å²) >= 11 is 0. The number of nitrogens with one attached hydrogen (secondary N) is 1. The van der Waals surface area contributed by atoms with E-state index in [1.54, 1.807) is 0 Å². The summed E-state index contributed by atoms with van der Waals surface area (Å²) in [6.45, 7) is 2.19. The molecule has 1 saturated carbocycles. The zero-order valence-corrected chi connectivity index (χ0v) is 9.15. The summed E-state index contributed by atoms with van der Waals surface area (Å²) in [6, 6.07) is 0. The first-order valence-corrected chi connectivity index (χ1v) is 5.76. The van der Waals surface area contributed by atoms with Crippen molar-refractivity contribution in [3.8, 4) is 0 Å². The molecule has 2 atom stereocenters. The molecule has 2 unspecified atom stereocenters. The lowest BCUT2D eigenvalue weighted by Crippen LogP contribution is -2.33. The van der Waals surface area contributed by atoms with Crippen LogP contribution in [-0.2, 0) is 14.3 Å². The number of hydrogen-bond donors (Lipinski definition) is 2. The van der Waals surface area contributed by atoms with Crippen LogP contribution in [0.1, 0.15) is 19.3 Å². The van der Waals surface area contributed by atoms with E-state index in [2.05, 4.69) is 5.32 Å². The van der Waals surface area contributed by atoms with E-state index in [4.69, 9.17) is 9.84 Å². The molecule has 0 aromatic heterocycles. The molecular formula is C11H17NO4. The molecule has 0 bridgehead atoms. The highest BCUT2D eigenvalue weighted by Gasteiger charge is 2.48. The first-order chi connectivity index (χ1) is 7.68. The average molecular weight is 227 g/mol. The maximum atomic E-state index is 11.6. The second-order valence-corrected chi connectivity index (χ2v) is 4.59. The molecule has 2 N–H and O–H groups in total. The molecule has 2 fully saturated rings. The summed E-state index contributed by atoms with van der Waals surface area (Å²) in [6.07, 6.45) is 2.45. The second-order valence-electron chi connectivity index (χ2n) is 4.59. The van der Waals surface area contributed by atoms with Gasteiger partial charge in [0.1, 0.15) is 0 Å². The first kappa shape index (κ1) is 11.4. The van der Waals surface area contributed by atoms with Gasteiger partial charge in [-0.05, 0) is 25.2 Å². The number of carboxylic acids is 1. The van der Waals surface area contributed by atoms with Gasteiger partial charge < -0.3 is 15.2 Å². The normalized spacial score (nSPS) is 29.8. The van der Waals surface area contributed by atoms with Gasteiger partial charge in [0.2, 0.25) is 5.91 Å². The van der Waals surface area contributed by atoms with Crippen LogP contribution >= 0.6 is 0 Å². The smallest absolute Gasteiger partial charge is 0.307 e. The van der Waals surface area contributed by atoms with Gasteiger partial charge in [-0.25, -0.2) is 0 Å². The fourth-order valence-electron chi connectivity index (χ4n) is 2.08. The predicted molar refractivity (Wildman–Crippen MR) is 55.8 cm³/mol. The molecule has 0 aromatic rings. The van der Waals surface area contributed by atoms with Crippen LogP contribution in [0.5, 0.6) is 0 Å². The Morgan fingerprint density at radius 2 is 1.94 bits per heavy atom. The number of ether oxygens (including phenoxy) is 1. The van der Waals surface area contributed by atoms with Crippen molar-refractivity contribution in [2.45, 2.75) is 19.3 Å². The minimum Gasteiger partial charge on any atom is -0.481 e. The third-order valence-corrected chi connectivity index (χ3v) is 3.35. The Balaban J connectivity index is 1.66. The molecule has 2 aliphatic rings. The SMILES string of the molecule is O=C(O)C1CC1C(=O)NCC1CCOCC1. The van der Waals surface area contributed by atoms with Crippen LogP contribution in [0, 0.1) is 17.8 Å². The highest BCUT2D eigenvalue weighted by Crippen LogP contribution is 2.38. The van der Waals surface area contributed by atoms with E-state index in [0.717, 1.165) is 26.1 Å². The van der Waals surface area contributed by atoms with Gasteiger partial charge in [0.15, 0.2) is 0 Å². The molecule has 5 heteroatoms. The fraction of sp³-hybridized carbons (Fsp3) is 0.818. The minimum absolute atomic E-state index is 0.0982. The Morgan fingerprint density at radius 1 is 1.25 bits per heavy atom. The standard InChI is InChI=1S/C11H17NO4/c13-10(8-5-9(8)11(14)15)12-6-7-1-3-16-4-2-7/h7-9H,1-6H2,(H,12,13)(H,14,15). The van der Waals surface area contributed by atoms with Gasteiger partial charge in [-0.3, -0.25) is 9.59 Å². The third-order valence-electron chi connectivity index (χ3n) is 3.35. The van der Waals surface area contributed by atoms with E-state index >= 15 is 0 Å². The Bertz CT molecular complexity index is 286. The van der Waals surface area contributed by atoms with Gasteiger partial charge in [0, 0.05) is 19.8 Å². The summed E-state index contributed by atoms with van der Waals surface area (Å²) in [4.78, 5) is 22.1. The van der Waals surface area contributed by atoms with Gasteiger partial charge in [0.25, 0.3) is 0 Å². The molecule has 1 aliphatic heterocycles. The number of carbonyl (C=O) groups excluding carboxylic acids is 1. The molecule has 5 nitrogen and oxygen atoms in total. The fourth-order valence-corrected chi connectivity index (χ4v) is 2.08. The van der Waals surface area contributed by atoms with Crippen LogP contribution < -0.4 is 5.32 Å². The highest BCUT2D eigenvalue weighted by atomic mass is 16.5. The van der Waals surface area contributed by atoms with E-state index in [1.807, 2.05) is 0 Å². The van der Waals surface area contributed by atoms with Crippen molar-refractivity contribution in [2.24, 2.45) is 17.8 Å². The Labute approximate surface area is 94.2 Å². The van der Waals surface area contributed by atoms with Crippen LogP contribution in [0.25, 0.3) is 0 Å². The second kappa shape index (κ2) is 4.82.